The minimum Gasteiger partial charge on any atom is -0.307 e. The van der Waals surface area contributed by atoms with E-state index in [0.29, 0.717) is 24.3 Å². The van der Waals surface area contributed by atoms with Crippen LogP contribution in [0.15, 0.2) is 38.3 Å². The number of aromatic nitrogens is 2. The first-order valence-electron chi connectivity index (χ1n) is 6.30. The maximum Gasteiger partial charge on any atom is 0.330 e. The highest BCUT2D eigenvalue weighted by Gasteiger charge is 2.07. The summed E-state index contributed by atoms with van der Waals surface area (Å²) >= 11 is 3.29. The lowest BCUT2D eigenvalue weighted by molar-refractivity contribution is 0.569. The molecule has 0 aliphatic heterocycles. The van der Waals surface area contributed by atoms with Gasteiger partial charge in [0.1, 0.15) is 5.82 Å². The monoisotopic (exact) mass is 355 g/mol. The lowest BCUT2D eigenvalue weighted by Crippen LogP contribution is -2.39. The van der Waals surface area contributed by atoms with Crippen molar-refractivity contribution in [3.8, 4) is 0 Å². The summed E-state index contributed by atoms with van der Waals surface area (Å²) in [4.78, 5) is 23.4. The van der Waals surface area contributed by atoms with Crippen LogP contribution < -0.4 is 16.6 Å². The first-order chi connectivity index (χ1) is 9.90. The van der Waals surface area contributed by atoms with Gasteiger partial charge in [0, 0.05) is 49.0 Å². The SMILES string of the molecule is Cn1c(CNCc2cc(Br)ccc2F)cc(=O)n(C)c1=O. The molecule has 112 valence electrons. The summed E-state index contributed by atoms with van der Waals surface area (Å²) in [5, 5.41) is 3.03. The predicted octanol–water partition coefficient (Wildman–Crippen LogP) is 1.28. The molecule has 1 heterocycles. The van der Waals surface area contributed by atoms with E-state index >= 15 is 0 Å². The third-order valence-electron chi connectivity index (χ3n) is 3.25. The number of rotatable bonds is 4. The number of halogens is 2. The Morgan fingerprint density at radius 3 is 2.57 bits per heavy atom. The average molecular weight is 356 g/mol. The fourth-order valence-electron chi connectivity index (χ4n) is 1.95. The van der Waals surface area contributed by atoms with Gasteiger partial charge in [-0.3, -0.25) is 13.9 Å². The molecule has 1 aromatic carbocycles. The molecule has 0 saturated carbocycles. The molecular formula is C14H15BrFN3O2. The van der Waals surface area contributed by atoms with Crippen molar-refractivity contribution in [3.63, 3.8) is 0 Å². The van der Waals surface area contributed by atoms with Crippen LogP contribution in [0.5, 0.6) is 0 Å². The molecule has 2 aromatic rings. The van der Waals surface area contributed by atoms with Gasteiger partial charge in [-0.25, -0.2) is 9.18 Å². The summed E-state index contributed by atoms with van der Waals surface area (Å²) < 4.78 is 16.8. The summed E-state index contributed by atoms with van der Waals surface area (Å²) in [5.74, 6) is -0.302. The Hall–Kier alpha value is -1.73. The van der Waals surface area contributed by atoms with E-state index in [-0.39, 0.29) is 17.1 Å². The third-order valence-corrected chi connectivity index (χ3v) is 3.75. The van der Waals surface area contributed by atoms with E-state index in [2.05, 4.69) is 21.2 Å². The van der Waals surface area contributed by atoms with Crippen molar-refractivity contribution in [2.24, 2.45) is 14.1 Å². The Balaban J connectivity index is 2.13. The van der Waals surface area contributed by atoms with Gasteiger partial charge in [0.25, 0.3) is 5.56 Å². The highest BCUT2D eigenvalue weighted by atomic mass is 79.9. The smallest absolute Gasteiger partial charge is 0.307 e. The molecule has 0 amide bonds. The summed E-state index contributed by atoms with van der Waals surface area (Å²) in [7, 11) is 3.03. The van der Waals surface area contributed by atoms with Crippen molar-refractivity contribution < 1.29 is 4.39 Å². The van der Waals surface area contributed by atoms with E-state index in [1.807, 2.05) is 0 Å². The van der Waals surface area contributed by atoms with Crippen molar-refractivity contribution in [3.05, 3.63) is 66.7 Å². The van der Waals surface area contributed by atoms with E-state index in [9.17, 15) is 14.0 Å². The molecule has 0 aliphatic carbocycles. The second-order valence-electron chi connectivity index (χ2n) is 4.71. The van der Waals surface area contributed by atoms with E-state index in [1.165, 1.54) is 23.7 Å². The number of hydrogen-bond acceptors (Lipinski definition) is 3. The average Bonchev–Trinajstić information content (AvgIpc) is 2.45. The first-order valence-corrected chi connectivity index (χ1v) is 7.10. The van der Waals surface area contributed by atoms with Crippen LogP contribution in [0, 0.1) is 5.82 Å². The van der Waals surface area contributed by atoms with Crippen molar-refractivity contribution in [2.75, 3.05) is 0 Å². The Bertz CT molecular complexity index is 783. The highest BCUT2D eigenvalue weighted by Crippen LogP contribution is 2.15. The molecule has 0 spiro atoms. The van der Waals surface area contributed by atoms with Gasteiger partial charge in [-0.2, -0.15) is 0 Å². The lowest BCUT2D eigenvalue weighted by atomic mass is 10.2. The number of benzene rings is 1. The summed E-state index contributed by atoms with van der Waals surface area (Å²) in [6, 6.07) is 6.09. The summed E-state index contributed by atoms with van der Waals surface area (Å²) in [6.45, 7) is 0.600. The zero-order valence-electron chi connectivity index (χ0n) is 11.7. The van der Waals surface area contributed by atoms with Crippen molar-refractivity contribution in [1.82, 2.24) is 14.5 Å². The lowest BCUT2D eigenvalue weighted by Gasteiger charge is -2.11. The minimum atomic E-state index is -0.382. The molecule has 0 radical (unpaired) electrons. The molecule has 1 aromatic heterocycles. The number of nitrogens with zero attached hydrogens (tertiary/aromatic N) is 2. The number of nitrogens with one attached hydrogen (secondary N) is 1. The molecule has 0 bridgehead atoms. The molecule has 0 atom stereocenters. The molecule has 0 unspecified atom stereocenters. The van der Waals surface area contributed by atoms with Crippen molar-refractivity contribution in [2.45, 2.75) is 13.1 Å². The molecule has 0 fully saturated rings. The Kier molecular flexibility index (Phi) is 4.74. The van der Waals surface area contributed by atoms with Gasteiger partial charge in [-0.15, -0.1) is 0 Å². The van der Waals surface area contributed by atoms with E-state index < -0.39 is 0 Å². The van der Waals surface area contributed by atoms with Crippen LogP contribution in [0.2, 0.25) is 0 Å². The van der Waals surface area contributed by atoms with Gasteiger partial charge < -0.3 is 5.32 Å². The maximum absolute atomic E-state index is 13.6. The van der Waals surface area contributed by atoms with Gasteiger partial charge in [0.05, 0.1) is 0 Å². The molecule has 7 heteroatoms. The van der Waals surface area contributed by atoms with Crippen molar-refractivity contribution in [1.29, 1.82) is 0 Å². The van der Waals surface area contributed by atoms with Crippen LogP contribution in [0.4, 0.5) is 4.39 Å². The second kappa shape index (κ2) is 6.36. The van der Waals surface area contributed by atoms with Crippen LogP contribution in [0.25, 0.3) is 0 Å². The molecule has 0 saturated heterocycles. The Morgan fingerprint density at radius 1 is 1.14 bits per heavy atom. The Morgan fingerprint density at radius 2 is 1.86 bits per heavy atom. The standard InChI is InChI=1S/C14H15BrFN3O2/c1-18-11(6-13(20)19(2)14(18)21)8-17-7-9-5-10(15)3-4-12(9)16/h3-6,17H,7-8H2,1-2H3. The summed E-state index contributed by atoms with van der Waals surface area (Å²) in [6.07, 6.45) is 0. The topological polar surface area (TPSA) is 56.0 Å². The van der Waals surface area contributed by atoms with Crippen LogP contribution in [-0.2, 0) is 27.2 Å². The van der Waals surface area contributed by atoms with Gasteiger partial charge in [0.15, 0.2) is 0 Å². The van der Waals surface area contributed by atoms with Crippen molar-refractivity contribution >= 4 is 15.9 Å². The largest absolute Gasteiger partial charge is 0.330 e. The highest BCUT2D eigenvalue weighted by molar-refractivity contribution is 9.10. The molecule has 1 N–H and O–H groups in total. The summed E-state index contributed by atoms with van der Waals surface area (Å²) in [5.41, 5.74) is 0.327. The normalized spacial score (nSPS) is 10.9. The van der Waals surface area contributed by atoms with Gasteiger partial charge in [-0.05, 0) is 18.2 Å². The van der Waals surface area contributed by atoms with Gasteiger partial charge >= 0.3 is 5.69 Å². The van der Waals surface area contributed by atoms with Crippen LogP contribution in [0.3, 0.4) is 0 Å². The maximum atomic E-state index is 13.6. The van der Waals surface area contributed by atoms with Crippen LogP contribution >= 0.6 is 15.9 Å². The fourth-order valence-corrected chi connectivity index (χ4v) is 2.36. The fraction of sp³-hybridized carbons (Fsp3) is 0.286. The van der Waals surface area contributed by atoms with E-state index in [1.54, 1.807) is 19.2 Å². The third kappa shape index (κ3) is 3.48. The molecule has 21 heavy (non-hydrogen) atoms. The molecule has 5 nitrogen and oxygen atoms in total. The van der Waals surface area contributed by atoms with Gasteiger partial charge in [-0.1, -0.05) is 15.9 Å². The first kappa shape index (κ1) is 15.7. The molecular weight excluding hydrogens is 341 g/mol. The van der Waals surface area contributed by atoms with E-state index in [4.69, 9.17) is 0 Å². The number of hydrogen-bond donors (Lipinski definition) is 1. The second-order valence-corrected chi connectivity index (χ2v) is 5.63. The van der Waals surface area contributed by atoms with Gasteiger partial charge in [0.2, 0.25) is 0 Å². The molecule has 2 rings (SSSR count). The molecule has 0 aliphatic rings. The minimum absolute atomic E-state index is 0.299. The zero-order valence-corrected chi connectivity index (χ0v) is 13.3. The predicted molar refractivity (Wildman–Crippen MR) is 81.6 cm³/mol. The Labute approximate surface area is 129 Å². The van der Waals surface area contributed by atoms with Crippen LogP contribution in [0.1, 0.15) is 11.3 Å². The van der Waals surface area contributed by atoms with Crippen LogP contribution in [-0.4, -0.2) is 9.13 Å². The quantitative estimate of drug-likeness (QED) is 0.898. The zero-order chi connectivity index (χ0) is 15.6. The van der Waals surface area contributed by atoms with E-state index in [0.717, 1.165) is 9.04 Å².